The van der Waals surface area contributed by atoms with Gasteiger partial charge in [0.2, 0.25) is 0 Å². The minimum Gasteiger partial charge on any atom is -0.723 e. The molecule has 94 valence electrons. The minimum atomic E-state index is -1.14. The number of rotatable bonds is 2. The molecule has 1 aliphatic carbocycles. The number of carboxylic acid groups (broad SMARTS) is 1. The van der Waals surface area contributed by atoms with Gasteiger partial charge in [-0.3, -0.25) is 0 Å². The lowest BCUT2D eigenvalue weighted by atomic mass is 9.93. The van der Waals surface area contributed by atoms with E-state index in [9.17, 15) is 15.2 Å². The summed E-state index contributed by atoms with van der Waals surface area (Å²) < 4.78 is 0. The second-order valence-electron chi connectivity index (χ2n) is 4.61. The molecule has 4 nitrogen and oxygen atoms in total. The van der Waals surface area contributed by atoms with E-state index in [1.54, 1.807) is 0 Å². The number of hydrogen-bond donors (Lipinski definition) is 0. The predicted octanol–water partition coefficient (Wildman–Crippen LogP) is 0.537. The van der Waals surface area contributed by atoms with Crippen LogP contribution in [0.2, 0.25) is 0 Å². The summed E-state index contributed by atoms with van der Waals surface area (Å²) >= 11 is 0. The topological polar surface area (TPSA) is 72.4 Å². The normalized spacial score (nSPS) is 29.3. The predicted molar refractivity (Wildman–Crippen MR) is 54.9 cm³/mol. The molecule has 0 aromatic carbocycles. The summed E-state index contributed by atoms with van der Waals surface area (Å²) in [6, 6.07) is 0. The van der Waals surface area contributed by atoms with Gasteiger partial charge in [-0.05, 0) is 12.8 Å². The van der Waals surface area contributed by atoms with Gasteiger partial charge in [0.15, 0.2) is 0 Å². The molecule has 0 spiro atoms. The average molecular weight is 228 g/mol. The quantitative estimate of drug-likeness (QED) is 0.510. The molecule has 2 atom stereocenters. The molecule has 2 unspecified atom stereocenters. The summed E-state index contributed by atoms with van der Waals surface area (Å²) in [4.78, 5) is 15.0. The molecule has 0 amide bonds. The van der Waals surface area contributed by atoms with Crippen LogP contribution in [0.1, 0.15) is 57.8 Å². The Morgan fingerprint density at radius 2 is 1.44 bits per heavy atom. The SMILES string of the molecule is O=C([O-])C1CCCCCCCCCC1O[O-]. The monoisotopic (exact) mass is 228 g/mol. The number of carboxylic acids is 1. The highest BCUT2D eigenvalue weighted by atomic mass is 17.1. The van der Waals surface area contributed by atoms with Crippen LogP contribution in [0.5, 0.6) is 0 Å². The lowest BCUT2D eigenvalue weighted by molar-refractivity contribution is -0.705. The zero-order chi connectivity index (χ0) is 11.8. The van der Waals surface area contributed by atoms with Crippen molar-refractivity contribution in [2.45, 2.75) is 63.9 Å². The van der Waals surface area contributed by atoms with Gasteiger partial charge < -0.3 is 20.0 Å². The first-order chi connectivity index (χ1) is 7.75. The Kier molecular flexibility index (Phi) is 6.42. The number of carbonyl (C=O) groups excluding carboxylic acids is 1. The summed E-state index contributed by atoms with van der Waals surface area (Å²) in [5, 5.41) is 21.5. The van der Waals surface area contributed by atoms with Crippen LogP contribution in [0.4, 0.5) is 0 Å². The van der Waals surface area contributed by atoms with Gasteiger partial charge in [-0.15, -0.1) is 0 Å². The van der Waals surface area contributed by atoms with E-state index in [-0.39, 0.29) is 0 Å². The Hall–Kier alpha value is -0.610. The first kappa shape index (κ1) is 13.5. The van der Waals surface area contributed by atoms with Gasteiger partial charge >= 0.3 is 0 Å². The van der Waals surface area contributed by atoms with E-state index in [0.29, 0.717) is 12.8 Å². The van der Waals surface area contributed by atoms with E-state index in [1.165, 1.54) is 12.8 Å². The minimum absolute atomic E-state index is 0.509. The maximum absolute atomic E-state index is 10.9. The smallest absolute Gasteiger partial charge is 0.0531 e. The van der Waals surface area contributed by atoms with E-state index >= 15 is 0 Å². The van der Waals surface area contributed by atoms with Crippen molar-refractivity contribution in [3.8, 4) is 0 Å². The van der Waals surface area contributed by atoms with Crippen molar-refractivity contribution in [2.24, 2.45) is 5.92 Å². The third-order valence-corrected chi connectivity index (χ3v) is 3.38. The summed E-state index contributed by atoms with van der Waals surface area (Å²) in [6.45, 7) is 0. The van der Waals surface area contributed by atoms with Crippen molar-refractivity contribution in [3.05, 3.63) is 0 Å². The molecule has 4 heteroatoms. The zero-order valence-corrected chi connectivity index (χ0v) is 9.65. The summed E-state index contributed by atoms with van der Waals surface area (Å²) in [5.41, 5.74) is 0. The largest absolute Gasteiger partial charge is 0.723 e. The van der Waals surface area contributed by atoms with Gasteiger partial charge in [-0.25, -0.2) is 0 Å². The summed E-state index contributed by atoms with van der Waals surface area (Å²) in [6.07, 6.45) is 7.69. The van der Waals surface area contributed by atoms with Gasteiger partial charge in [0.25, 0.3) is 0 Å². The molecule has 0 aliphatic heterocycles. The number of hydrogen-bond acceptors (Lipinski definition) is 4. The second kappa shape index (κ2) is 7.63. The van der Waals surface area contributed by atoms with E-state index in [0.717, 1.165) is 32.1 Å². The van der Waals surface area contributed by atoms with Gasteiger partial charge in [0.05, 0.1) is 6.10 Å². The van der Waals surface area contributed by atoms with Crippen LogP contribution < -0.4 is 10.4 Å². The number of carbonyl (C=O) groups is 1. The fraction of sp³-hybridized carbons (Fsp3) is 0.917. The van der Waals surface area contributed by atoms with Crippen molar-refractivity contribution in [1.29, 1.82) is 0 Å². The fourth-order valence-corrected chi connectivity index (χ4v) is 2.37. The van der Waals surface area contributed by atoms with E-state index < -0.39 is 18.0 Å². The molecule has 1 rings (SSSR count). The van der Waals surface area contributed by atoms with Crippen molar-refractivity contribution in [3.63, 3.8) is 0 Å². The Labute approximate surface area is 96.5 Å². The van der Waals surface area contributed by atoms with E-state index in [2.05, 4.69) is 4.89 Å². The van der Waals surface area contributed by atoms with E-state index in [4.69, 9.17) is 0 Å². The molecule has 0 bridgehead atoms. The molecule has 1 fully saturated rings. The molecule has 0 saturated heterocycles. The van der Waals surface area contributed by atoms with Gasteiger partial charge in [0.1, 0.15) is 0 Å². The number of aliphatic carboxylic acids is 1. The summed E-state index contributed by atoms with van der Waals surface area (Å²) in [7, 11) is 0. The first-order valence-corrected chi connectivity index (χ1v) is 6.25. The van der Waals surface area contributed by atoms with Gasteiger partial charge in [0, 0.05) is 11.9 Å². The first-order valence-electron chi connectivity index (χ1n) is 6.25. The molecular formula is C12H20O4-2. The molecule has 0 radical (unpaired) electrons. The molecule has 0 heterocycles. The Morgan fingerprint density at radius 3 is 1.94 bits per heavy atom. The van der Waals surface area contributed by atoms with Gasteiger partial charge in [-0.2, -0.15) is 0 Å². The van der Waals surface area contributed by atoms with Crippen LogP contribution in [0.3, 0.4) is 0 Å². The molecular weight excluding hydrogens is 208 g/mol. The van der Waals surface area contributed by atoms with Crippen molar-refractivity contribution < 1.29 is 20.0 Å². The highest BCUT2D eigenvalue weighted by molar-refractivity contribution is 5.68. The highest BCUT2D eigenvalue weighted by Crippen LogP contribution is 2.22. The average Bonchev–Trinajstić information content (AvgIpc) is 2.31. The van der Waals surface area contributed by atoms with Crippen LogP contribution in [0, 0.1) is 5.92 Å². The third-order valence-electron chi connectivity index (χ3n) is 3.38. The van der Waals surface area contributed by atoms with Crippen molar-refractivity contribution in [2.75, 3.05) is 0 Å². The molecule has 16 heavy (non-hydrogen) atoms. The lowest BCUT2D eigenvalue weighted by Crippen LogP contribution is -2.41. The molecule has 0 aromatic heterocycles. The van der Waals surface area contributed by atoms with Crippen LogP contribution in [0.25, 0.3) is 0 Å². The lowest BCUT2D eigenvalue weighted by Gasteiger charge is -2.30. The van der Waals surface area contributed by atoms with Crippen LogP contribution in [-0.2, 0) is 9.68 Å². The van der Waals surface area contributed by atoms with Gasteiger partial charge in [-0.1, -0.05) is 44.9 Å². The molecule has 1 saturated carbocycles. The van der Waals surface area contributed by atoms with Crippen LogP contribution in [0.15, 0.2) is 0 Å². The van der Waals surface area contributed by atoms with E-state index in [1.807, 2.05) is 0 Å². The second-order valence-corrected chi connectivity index (χ2v) is 4.61. The van der Waals surface area contributed by atoms with Crippen LogP contribution >= 0.6 is 0 Å². The van der Waals surface area contributed by atoms with Crippen molar-refractivity contribution in [1.82, 2.24) is 0 Å². The highest BCUT2D eigenvalue weighted by Gasteiger charge is 2.20. The molecule has 1 aliphatic rings. The molecule has 0 N–H and O–H groups in total. The van der Waals surface area contributed by atoms with Crippen LogP contribution in [-0.4, -0.2) is 12.1 Å². The maximum Gasteiger partial charge on any atom is 0.0531 e. The summed E-state index contributed by atoms with van der Waals surface area (Å²) in [5.74, 6) is -1.87. The Balaban J connectivity index is 2.54. The Bertz CT molecular complexity index is 205. The zero-order valence-electron chi connectivity index (χ0n) is 9.65. The van der Waals surface area contributed by atoms with Crippen molar-refractivity contribution >= 4 is 5.97 Å². The Morgan fingerprint density at radius 1 is 0.938 bits per heavy atom. The maximum atomic E-state index is 10.9. The fourth-order valence-electron chi connectivity index (χ4n) is 2.37. The molecule has 0 aromatic rings. The standard InChI is InChI=1S/C12H22O4/c13-12(14)10-8-6-4-2-1-3-5-7-9-11(10)16-15/h10-11,15H,1-9H2,(H,13,14)/p-2. The third kappa shape index (κ3) is 4.49.